The molecule has 4 nitrogen and oxygen atoms in total. The number of nitrogens with zero attached hydrogens (tertiary/aromatic N) is 1. The monoisotopic (exact) mass is 307 g/mol. The van der Waals surface area contributed by atoms with Crippen LogP contribution in [0.1, 0.15) is 43.0 Å². The topological polar surface area (TPSA) is 58.4 Å². The highest BCUT2D eigenvalue weighted by Gasteiger charge is 2.36. The van der Waals surface area contributed by atoms with E-state index in [1.807, 2.05) is 12.1 Å². The molecular weight excluding hydrogens is 286 g/mol. The van der Waals surface area contributed by atoms with Gasteiger partial charge in [-0.2, -0.15) is 0 Å². The number of nitrogens with one attached hydrogen (secondary N) is 1. The zero-order chi connectivity index (χ0) is 15.0. The molecule has 3 rings (SSSR count). The molecule has 2 aliphatic heterocycles. The molecule has 2 atom stereocenters. The molecule has 2 heterocycles. The molecule has 2 bridgehead atoms. The Bertz CT molecular complexity index is 536. The van der Waals surface area contributed by atoms with Crippen molar-refractivity contribution in [1.29, 1.82) is 0 Å². The van der Waals surface area contributed by atoms with Crippen LogP contribution in [0.2, 0.25) is 5.02 Å². The van der Waals surface area contributed by atoms with Gasteiger partial charge in [-0.05, 0) is 50.8 Å². The van der Waals surface area contributed by atoms with Gasteiger partial charge in [0.1, 0.15) is 0 Å². The number of halogens is 1. The molecule has 1 aromatic carbocycles. The molecule has 0 radical (unpaired) electrons. The molecule has 1 amide bonds. The smallest absolute Gasteiger partial charge is 0.250 e. The third-order valence-electron chi connectivity index (χ3n) is 4.76. The van der Waals surface area contributed by atoms with Crippen molar-refractivity contribution in [3.05, 3.63) is 28.8 Å². The lowest BCUT2D eigenvalue weighted by molar-refractivity contribution is 0.100. The van der Waals surface area contributed by atoms with Gasteiger partial charge in [-0.15, -0.1) is 0 Å². The number of primary amides is 1. The number of nitrogens with two attached hydrogens (primary N) is 1. The number of piperidine rings is 1. The Kier molecular flexibility index (Phi) is 4.09. The van der Waals surface area contributed by atoms with Crippen molar-refractivity contribution < 1.29 is 4.79 Å². The first-order valence-corrected chi connectivity index (χ1v) is 8.08. The van der Waals surface area contributed by atoms with Gasteiger partial charge in [0, 0.05) is 35.4 Å². The fourth-order valence-electron chi connectivity index (χ4n) is 3.86. The standard InChI is InChI=1S/C16H22ClN3O/c1-2-20(13-8-11-4-5-12(9-13)19-11)15-6-3-10(17)7-14(15)16(18)21/h3,6-7,11-13,19H,2,4-5,8-9H2,1H3,(H2,18,21). The fraction of sp³-hybridized carbons (Fsp3) is 0.562. The third kappa shape index (κ3) is 2.87. The molecule has 2 aliphatic rings. The van der Waals surface area contributed by atoms with Crippen molar-refractivity contribution in [3.8, 4) is 0 Å². The Morgan fingerprint density at radius 3 is 2.62 bits per heavy atom. The van der Waals surface area contributed by atoms with Gasteiger partial charge >= 0.3 is 0 Å². The Labute approximate surface area is 130 Å². The van der Waals surface area contributed by atoms with Crippen molar-refractivity contribution in [3.63, 3.8) is 0 Å². The first-order chi connectivity index (χ1) is 10.1. The number of hydrogen-bond acceptors (Lipinski definition) is 3. The van der Waals surface area contributed by atoms with Gasteiger partial charge in [0.2, 0.25) is 0 Å². The van der Waals surface area contributed by atoms with E-state index in [4.69, 9.17) is 17.3 Å². The molecule has 2 fully saturated rings. The maximum atomic E-state index is 11.7. The Morgan fingerprint density at radius 1 is 1.38 bits per heavy atom. The average Bonchev–Trinajstić information content (AvgIpc) is 2.80. The van der Waals surface area contributed by atoms with E-state index in [2.05, 4.69) is 17.1 Å². The normalized spacial score (nSPS) is 27.6. The van der Waals surface area contributed by atoms with Gasteiger partial charge in [-0.1, -0.05) is 11.6 Å². The summed E-state index contributed by atoms with van der Waals surface area (Å²) in [6.45, 7) is 3.00. The van der Waals surface area contributed by atoms with Crippen LogP contribution < -0.4 is 16.0 Å². The lowest BCUT2D eigenvalue weighted by Gasteiger charge is -2.39. The lowest BCUT2D eigenvalue weighted by Crippen LogP contribution is -2.48. The predicted molar refractivity (Wildman–Crippen MR) is 86.0 cm³/mol. The molecule has 3 N–H and O–H groups in total. The Morgan fingerprint density at radius 2 is 2.05 bits per heavy atom. The lowest BCUT2D eigenvalue weighted by atomic mass is 9.96. The van der Waals surface area contributed by atoms with Crippen molar-refractivity contribution in [1.82, 2.24) is 5.32 Å². The summed E-state index contributed by atoms with van der Waals surface area (Å²) in [5.41, 5.74) is 6.98. The Hall–Kier alpha value is -1.26. The highest BCUT2D eigenvalue weighted by molar-refractivity contribution is 6.31. The summed E-state index contributed by atoms with van der Waals surface area (Å²) >= 11 is 6.01. The maximum absolute atomic E-state index is 11.7. The second-order valence-corrected chi connectivity index (χ2v) is 6.51. The van der Waals surface area contributed by atoms with Gasteiger partial charge in [0.25, 0.3) is 5.91 Å². The number of carbonyl (C=O) groups is 1. The number of fused-ring (bicyclic) bond motifs is 2. The minimum absolute atomic E-state index is 0.414. The van der Waals surface area contributed by atoms with E-state index in [1.54, 1.807) is 6.07 Å². The first kappa shape index (κ1) is 14.7. The number of hydrogen-bond donors (Lipinski definition) is 2. The summed E-state index contributed by atoms with van der Waals surface area (Å²) < 4.78 is 0. The van der Waals surface area contributed by atoms with Crippen LogP contribution in [0.5, 0.6) is 0 Å². The largest absolute Gasteiger partial charge is 0.368 e. The zero-order valence-corrected chi connectivity index (χ0v) is 13.1. The van der Waals surface area contributed by atoms with E-state index in [0.717, 1.165) is 25.1 Å². The van der Waals surface area contributed by atoms with Crippen LogP contribution in [0.15, 0.2) is 18.2 Å². The number of amides is 1. The number of rotatable bonds is 4. The summed E-state index contributed by atoms with van der Waals surface area (Å²) in [7, 11) is 0. The summed E-state index contributed by atoms with van der Waals surface area (Å²) in [6.07, 6.45) is 4.79. The summed E-state index contributed by atoms with van der Waals surface area (Å²) in [5, 5.41) is 4.21. The van der Waals surface area contributed by atoms with Crippen LogP contribution in [0.3, 0.4) is 0 Å². The molecule has 5 heteroatoms. The van der Waals surface area contributed by atoms with Gasteiger partial charge < -0.3 is 16.0 Å². The molecule has 21 heavy (non-hydrogen) atoms. The van der Waals surface area contributed by atoms with Crippen molar-refractivity contribution in [2.45, 2.75) is 50.7 Å². The number of carbonyl (C=O) groups excluding carboxylic acids is 1. The van der Waals surface area contributed by atoms with Crippen LogP contribution >= 0.6 is 11.6 Å². The molecule has 1 aromatic rings. The third-order valence-corrected chi connectivity index (χ3v) is 5.00. The molecule has 114 valence electrons. The van der Waals surface area contributed by atoms with Crippen LogP contribution in [0, 0.1) is 0 Å². The highest BCUT2D eigenvalue weighted by atomic mass is 35.5. The quantitative estimate of drug-likeness (QED) is 0.899. The van der Waals surface area contributed by atoms with Crippen LogP contribution in [0.25, 0.3) is 0 Å². The van der Waals surface area contributed by atoms with E-state index in [-0.39, 0.29) is 0 Å². The molecule has 2 saturated heterocycles. The van der Waals surface area contributed by atoms with Gasteiger partial charge in [0.05, 0.1) is 5.56 Å². The maximum Gasteiger partial charge on any atom is 0.250 e. The minimum Gasteiger partial charge on any atom is -0.368 e. The summed E-state index contributed by atoms with van der Waals surface area (Å²) in [4.78, 5) is 14.1. The van der Waals surface area contributed by atoms with Crippen LogP contribution in [-0.2, 0) is 0 Å². The van der Waals surface area contributed by atoms with E-state index in [1.165, 1.54) is 12.8 Å². The zero-order valence-electron chi connectivity index (χ0n) is 12.3. The molecule has 0 aliphatic carbocycles. The van der Waals surface area contributed by atoms with Gasteiger partial charge in [-0.25, -0.2) is 0 Å². The van der Waals surface area contributed by atoms with Crippen LogP contribution in [-0.4, -0.2) is 30.6 Å². The molecule has 0 spiro atoms. The van der Waals surface area contributed by atoms with Gasteiger partial charge in [0.15, 0.2) is 0 Å². The van der Waals surface area contributed by atoms with E-state index in [0.29, 0.717) is 28.7 Å². The average molecular weight is 308 g/mol. The minimum atomic E-state index is -0.414. The van der Waals surface area contributed by atoms with E-state index < -0.39 is 5.91 Å². The first-order valence-electron chi connectivity index (χ1n) is 7.70. The van der Waals surface area contributed by atoms with Crippen molar-refractivity contribution in [2.75, 3.05) is 11.4 Å². The number of anilines is 1. The van der Waals surface area contributed by atoms with E-state index in [9.17, 15) is 4.79 Å². The summed E-state index contributed by atoms with van der Waals surface area (Å²) in [5.74, 6) is -0.414. The van der Waals surface area contributed by atoms with Crippen molar-refractivity contribution in [2.24, 2.45) is 5.73 Å². The highest BCUT2D eigenvalue weighted by Crippen LogP contribution is 2.34. The fourth-order valence-corrected chi connectivity index (χ4v) is 4.04. The number of benzene rings is 1. The second-order valence-electron chi connectivity index (χ2n) is 6.07. The molecule has 0 aromatic heterocycles. The predicted octanol–water partition coefficient (Wildman–Crippen LogP) is 2.55. The van der Waals surface area contributed by atoms with E-state index >= 15 is 0 Å². The summed E-state index contributed by atoms with van der Waals surface area (Å²) in [6, 6.07) is 7.14. The molecule has 2 unspecified atom stereocenters. The SMILES string of the molecule is CCN(c1ccc(Cl)cc1C(N)=O)C1CC2CCC(C1)N2. The van der Waals surface area contributed by atoms with Crippen molar-refractivity contribution >= 4 is 23.2 Å². The Balaban J connectivity index is 1.91. The van der Waals surface area contributed by atoms with Crippen LogP contribution in [0.4, 0.5) is 5.69 Å². The molecule has 0 saturated carbocycles. The molecular formula is C16H22ClN3O. The second kappa shape index (κ2) is 5.85. The van der Waals surface area contributed by atoms with Gasteiger partial charge in [-0.3, -0.25) is 4.79 Å².